The van der Waals surface area contributed by atoms with Crippen LogP contribution < -0.4 is 4.74 Å². The van der Waals surface area contributed by atoms with Gasteiger partial charge in [-0.3, -0.25) is 4.79 Å². The number of alkyl halides is 1. The van der Waals surface area contributed by atoms with Gasteiger partial charge in [0.15, 0.2) is 0 Å². The molecule has 0 N–H and O–H groups in total. The molecule has 0 saturated carbocycles. The number of hydrogen-bond donors (Lipinski definition) is 0. The normalized spacial score (nSPS) is 18.9. The first kappa shape index (κ1) is 16.2. The summed E-state index contributed by atoms with van der Waals surface area (Å²) in [5.41, 5.74) is 0.703. The van der Waals surface area contributed by atoms with E-state index in [0.717, 1.165) is 31.6 Å². The largest absolute Gasteiger partial charge is 0.491 e. The number of piperidine rings is 1. The Balaban J connectivity index is 2.14. The summed E-state index contributed by atoms with van der Waals surface area (Å²) in [4.78, 5) is 14.7. The number of ether oxygens (including phenoxy) is 1. The molecule has 1 unspecified atom stereocenters. The fourth-order valence-corrected chi connectivity index (χ4v) is 3.09. The maximum Gasteiger partial charge on any atom is 0.254 e. The zero-order valence-electron chi connectivity index (χ0n) is 12.8. The number of benzene rings is 1. The van der Waals surface area contributed by atoms with Crippen molar-refractivity contribution in [1.29, 1.82) is 0 Å². The standard InChI is InChI=1S/C17H24ClNO2/c1-13(2)21-16-8-5-6-14(12-16)17(20)19-11-4-3-7-15(19)9-10-18/h5-6,8,12-13,15H,3-4,7,9-11H2,1-2H3. The highest BCUT2D eigenvalue weighted by Crippen LogP contribution is 2.24. The van der Waals surface area contributed by atoms with Crippen LogP contribution in [0.25, 0.3) is 0 Å². The number of hydrogen-bond acceptors (Lipinski definition) is 2. The van der Waals surface area contributed by atoms with E-state index in [1.807, 2.05) is 43.0 Å². The fraction of sp³-hybridized carbons (Fsp3) is 0.588. The van der Waals surface area contributed by atoms with E-state index in [1.54, 1.807) is 0 Å². The Hall–Kier alpha value is -1.22. The molecule has 21 heavy (non-hydrogen) atoms. The van der Waals surface area contributed by atoms with E-state index in [1.165, 1.54) is 6.42 Å². The average molecular weight is 310 g/mol. The molecule has 1 fully saturated rings. The van der Waals surface area contributed by atoms with Crippen LogP contribution in [0.4, 0.5) is 0 Å². The summed E-state index contributed by atoms with van der Waals surface area (Å²) in [7, 11) is 0. The number of likely N-dealkylation sites (tertiary alicyclic amines) is 1. The van der Waals surface area contributed by atoms with Crippen LogP contribution in [0.3, 0.4) is 0 Å². The first-order chi connectivity index (χ1) is 10.1. The van der Waals surface area contributed by atoms with Crippen LogP contribution in [0.15, 0.2) is 24.3 Å². The van der Waals surface area contributed by atoms with E-state index >= 15 is 0 Å². The molecule has 4 heteroatoms. The average Bonchev–Trinajstić information content (AvgIpc) is 2.47. The van der Waals surface area contributed by atoms with Crippen molar-refractivity contribution in [2.45, 2.75) is 51.7 Å². The lowest BCUT2D eigenvalue weighted by atomic mass is 9.99. The van der Waals surface area contributed by atoms with Crippen LogP contribution in [0.2, 0.25) is 0 Å². The molecule has 0 aromatic heterocycles. The third-order valence-electron chi connectivity index (χ3n) is 3.78. The first-order valence-electron chi connectivity index (χ1n) is 7.75. The third kappa shape index (κ3) is 4.37. The zero-order valence-corrected chi connectivity index (χ0v) is 13.6. The molecule has 1 aliphatic heterocycles. The van der Waals surface area contributed by atoms with Crippen molar-refractivity contribution in [3.63, 3.8) is 0 Å². The van der Waals surface area contributed by atoms with Crippen molar-refractivity contribution in [2.75, 3.05) is 12.4 Å². The summed E-state index contributed by atoms with van der Waals surface area (Å²) in [5.74, 6) is 1.45. The molecule has 2 rings (SSSR count). The van der Waals surface area contributed by atoms with Gasteiger partial charge in [0.25, 0.3) is 5.91 Å². The lowest BCUT2D eigenvalue weighted by Crippen LogP contribution is -2.43. The Bertz CT molecular complexity index is 474. The van der Waals surface area contributed by atoms with Gasteiger partial charge in [0.1, 0.15) is 5.75 Å². The van der Waals surface area contributed by atoms with Gasteiger partial charge in [0.2, 0.25) is 0 Å². The number of halogens is 1. The van der Waals surface area contributed by atoms with Gasteiger partial charge in [0, 0.05) is 24.0 Å². The summed E-state index contributed by atoms with van der Waals surface area (Å²) in [6, 6.07) is 7.75. The Morgan fingerprint density at radius 3 is 2.95 bits per heavy atom. The van der Waals surface area contributed by atoms with E-state index in [9.17, 15) is 4.79 Å². The van der Waals surface area contributed by atoms with Crippen LogP contribution in [0.5, 0.6) is 5.75 Å². The predicted octanol–water partition coefficient (Wildman–Crippen LogP) is 4.10. The predicted molar refractivity (Wildman–Crippen MR) is 86.2 cm³/mol. The molecule has 1 heterocycles. The minimum absolute atomic E-state index is 0.0963. The highest BCUT2D eigenvalue weighted by Gasteiger charge is 2.27. The summed E-state index contributed by atoms with van der Waals surface area (Å²) in [6.45, 7) is 4.79. The molecule has 1 saturated heterocycles. The summed E-state index contributed by atoms with van der Waals surface area (Å²) < 4.78 is 5.67. The third-order valence-corrected chi connectivity index (χ3v) is 4.00. The molecule has 1 aromatic rings. The summed E-state index contributed by atoms with van der Waals surface area (Å²) in [5, 5.41) is 0. The van der Waals surface area contributed by atoms with Gasteiger partial charge in [0.05, 0.1) is 6.10 Å². The van der Waals surface area contributed by atoms with Crippen molar-refractivity contribution in [3.8, 4) is 5.75 Å². The van der Waals surface area contributed by atoms with Crippen molar-refractivity contribution < 1.29 is 9.53 Å². The van der Waals surface area contributed by atoms with Crippen LogP contribution in [-0.4, -0.2) is 35.4 Å². The second-order valence-corrected chi connectivity index (χ2v) is 6.20. The quantitative estimate of drug-likeness (QED) is 0.766. The minimum atomic E-state index is 0.0963. The minimum Gasteiger partial charge on any atom is -0.491 e. The van der Waals surface area contributed by atoms with Gasteiger partial charge >= 0.3 is 0 Å². The maximum absolute atomic E-state index is 12.8. The Morgan fingerprint density at radius 2 is 2.24 bits per heavy atom. The van der Waals surface area contributed by atoms with Crippen LogP contribution in [0, 0.1) is 0 Å². The van der Waals surface area contributed by atoms with Crippen molar-refractivity contribution >= 4 is 17.5 Å². The molecule has 0 radical (unpaired) electrons. The number of amides is 1. The monoisotopic (exact) mass is 309 g/mol. The van der Waals surface area contributed by atoms with Gasteiger partial charge in [-0.2, -0.15) is 0 Å². The summed E-state index contributed by atoms with van der Waals surface area (Å²) in [6.07, 6.45) is 4.29. The number of rotatable bonds is 5. The van der Waals surface area contributed by atoms with Gasteiger partial charge < -0.3 is 9.64 Å². The molecular weight excluding hydrogens is 286 g/mol. The molecular formula is C17H24ClNO2. The molecule has 0 aliphatic carbocycles. The van der Waals surface area contributed by atoms with Gasteiger partial charge in [-0.1, -0.05) is 6.07 Å². The van der Waals surface area contributed by atoms with Crippen molar-refractivity contribution in [2.24, 2.45) is 0 Å². The van der Waals surface area contributed by atoms with E-state index in [2.05, 4.69) is 0 Å². The molecule has 1 amide bonds. The molecule has 0 bridgehead atoms. The molecule has 116 valence electrons. The topological polar surface area (TPSA) is 29.5 Å². The number of nitrogens with zero attached hydrogens (tertiary/aromatic N) is 1. The van der Waals surface area contributed by atoms with Crippen LogP contribution >= 0.6 is 11.6 Å². The van der Waals surface area contributed by atoms with Crippen molar-refractivity contribution in [1.82, 2.24) is 4.90 Å². The van der Waals surface area contributed by atoms with Crippen LogP contribution in [0.1, 0.15) is 49.9 Å². The zero-order chi connectivity index (χ0) is 15.2. The van der Waals surface area contributed by atoms with Crippen molar-refractivity contribution in [3.05, 3.63) is 29.8 Å². The highest BCUT2D eigenvalue weighted by molar-refractivity contribution is 6.17. The van der Waals surface area contributed by atoms with E-state index in [4.69, 9.17) is 16.3 Å². The summed E-state index contributed by atoms with van der Waals surface area (Å²) >= 11 is 5.88. The lowest BCUT2D eigenvalue weighted by Gasteiger charge is -2.35. The smallest absolute Gasteiger partial charge is 0.254 e. The molecule has 3 nitrogen and oxygen atoms in total. The Morgan fingerprint density at radius 1 is 1.43 bits per heavy atom. The molecule has 0 spiro atoms. The molecule has 1 atom stereocenters. The first-order valence-corrected chi connectivity index (χ1v) is 8.29. The van der Waals surface area contributed by atoms with Crippen LogP contribution in [-0.2, 0) is 0 Å². The highest BCUT2D eigenvalue weighted by atomic mass is 35.5. The SMILES string of the molecule is CC(C)Oc1cccc(C(=O)N2CCCCC2CCCl)c1. The second-order valence-electron chi connectivity index (χ2n) is 5.82. The van der Waals surface area contributed by atoms with Gasteiger partial charge in [-0.05, 0) is 57.7 Å². The van der Waals surface area contributed by atoms with E-state index in [0.29, 0.717) is 11.4 Å². The Kier molecular flexibility index (Phi) is 5.92. The van der Waals surface area contributed by atoms with E-state index in [-0.39, 0.29) is 18.1 Å². The molecule has 1 aliphatic rings. The van der Waals surface area contributed by atoms with Gasteiger partial charge in [-0.25, -0.2) is 0 Å². The fourth-order valence-electron chi connectivity index (χ4n) is 2.83. The number of carbonyl (C=O) groups is 1. The van der Waals surface area contributed by atoms with Gasteiger partial charge in [-0.15, -0.1) is 11.6 Å². The Labute approximate surface area is 132 Å². The molecule has 1 aromatic carbocycles. The maximum atomic E-state index is 12.8. The van der Waals surface area contributed by atoms with E-state index < -0.39 is 0 Å². The second kappa shape index (κ2) is 7.69. The lowest BCUT2D eigenvalue weighted by molar-refractivity contribution is 0.0608. The number of carbonyl (C=O) groups excluding carboxylic acids is 1.